The van der Waals surface area contributed by atoms with Gasteiger partial charge >= 0.3 is 6.03 Å². The van der Waals surface area contributed by atoms with Gasteiger partial charge in [-0.15, -0.1) is 0 Å². The summed E-state index contributed by atoms with van der Waals surface area (Å²) < 4.78 is 21.3. The topological polar surface area (TPSA) is 173 Å². The van der Waals surface area contributed by atoms with Crippen LogP contribution in [0.25, 0.3) is 11.3 Å². The highest BCUT2D eigenvalue weighted by molar-refractivity contribution is 6.23. The highest BCUT2D eigenvalue weighted by Crippen LogP contribution is 2.35. The number of nitrogens with zero attached hydrogens (tertiary/aromatic N) is 7. The average molecular weight is 887 g/mol. The smallest absolute Gasteiger partial charge is 0.317 e. The number of nitrogens with one attached hydrogen (secondary N) is 3. The van der Waals surface area contributed by atoms with Crippen LogP contribution in [0.15, 0.2) is 66.9 Å². The van der Waals surface area contributed by atoms with E-state index < -0.39 is 35.5 Å². The number of piperidine rings is 2. The number of aromatic nitrogens is 2. The van der Waals surface area contributed by atoms with Crippen LogP contribution in [-0.4, -0.2) is 131 Å². The molecular weight excluding hydrogens is 832 g/mol. The lowest BCUT2D eigenvalue weighted by Crippen LogP contribution is -2.58. The van der Waals surface area contributed by atoms with Gasteiger partial charge in [-0.25, -0.2) is 19.2 Å². The maximum Gasteiger partial charge on any atom is 0.317 e. The molecule has 5 aliphatic rings. The molecule has 6 amide bonds. The largest absolute Gasteiger partial charge is 0.372 e. The third-order valence-corrected chi connectivity index (χ3v) is 13.2. The van der Waals surface area contributed by atoms with Crippen LogP contribution in [0, 0.1) is 18.7 Å². The van der Waals surface area contributed by atoms with Crippen LogP contribution in [0.4, 0.5) is 32.2 Å². The lowest BCUT2D eigenvalue weighted by Gasteiger charge is -2.40. The average Bonchev–Trinajstić information content (AvgIpc) is 3.51. The number of benzene rings is 3. The normalized spacial score (nSPS) is 19.7. The number of fused-ring (bicyclic) bond motifs is 1. The van der Waals surface area contributed by atoms with E-state index in [1.54, 1.807) is 11.1 Å². The van der Waals surface area contributed by atoms with Crippen molar-refractivity contribution in [2.45, 2.75) is 71.2 Å². The SMILES string of the molecule is Cc1cc(-c2ccnc(Nc3ccc(N4CCN(CC5CCN(c6cc7c(cc6F)C(=O)N(C6CCC(=O)NC6=O)C7=O)CC5)CC4)cc3)n2)ccc1CNC(=O)N1CC(OC(C)C)C1. The molecule has 6 heterocycles. The predicted molar refractivity (Wildman–Crippen MR) is 242 cm³/mol. The Bertz CT molecular complexity index is 2480. The number of hydrogen-bond acceptors (Lipinski definition) is 12. The monoisotopic (exact) mass is 886 g/mol. The molecule has 0 radical (unpaired) electrons. The zero-order valence-corrected chi connectivity index (χ0v) is 37.0. The number of urea groups is 1. The number of carbonyl (C=O) groups is 5. The van der Waals surface area contributed by atoms with E-state index in [0.717, 1.165) is 90.3 Å². The molecule has 0 saturated carbocycles. The van der Waals surface area contributed by atoms with E-state index in [0.29, 0.717) is 44.6 Å². The number of hydrogen-bond donors (Lipinski definition) is 3. The lowest BCUT2D eigenvalue weighted by molar-refractivity contribution is -0.136. The quantitative estimate of drug-likeness (QED) is 0.161. The highest BCUT2D eigenvalue weighted by atomic mass is 19.1. The van der Waals surface area contributed by atoms with Crippen LogP contribution >= 0.6 is 0 Å². The van der Waals surface area contributed by atoms with Crippen molar-refractivity contribution >= 4 is 52.7 Å². The van der Waals surface area contributed by atoms with E-state index in [1.807, 2.05) is 56.0 Å². The number of imide groups is 2. The van der Waals surface area contributed by atoms with Crippen LogP contribution in [0.1, 0.15) is 71.4 Å². The Morgan fingerprint density at radius 3 is 2.29 bits per heavy atom. The summed E-state index contributed by atoms with van der Waals surface area (Å²) in [7, 11) is 0. The van der Waals surface area contributed by atoms with E-state index >= 15 is 4.39 Å². The summed E-state index contributed by atoms with van der Waals surface area (Å²) in [6.07, 6.45) is 3.82. The Balaban J connectivity index is 0.719. The number of aryl methyl sites for hydroxylation is 1. The third-order valence-electron chi connectivity index (χ3n) is 13.2. The van der Waals surface area contributed by atoms with Gasteiger partial charge in [-0.3, -0.25) is 34.3 Å². The molecule has 0 spiro atoms. The number of ether oxygens (including phenoxy) is 1. The number of carbonyl (C=O) groups excluding carboxylic acids is 5. The van der Waals surface area contributed by atoms with E-state index in [9.17, 15) is 24.0 Å². The first-order chi connectivity index (χ1) is 31.4. The molecule has 1 aromatic heterocycles. The fraction of sp³-hybridized carbons (Fsp3) is 0.438. The molecule has 17 heteroatoms. The molecule has 0 aliphatic carbocycles. The van der Waals surface area contributed by atoms with Gasteiger partial charge in [0, 0.05) is 81.9 Å². The summed E-state index contributed by atoms with van der Waals surface area (Å²) >= 11 is 0. The van der Waals surface area contributed by atoms with Crippen LogP contribution in [0.3, 0.4) is 0 Å². The fourth-order valence-electron chi connectivity index (χ4n) is 9.51. The van der Waals surface area contributed by atoms with Crippen molar-refractivity contribution in [1.82, 2.24) is 35.3 Å². The zero-order chi connectivity index (χ0) is 45.4. The summed E-state index contributed by atoms with van der Waals surface area (Å²) in [4.78, 5) is 81.9. The van der Waals surface area contributed by atoms with Crippen molar-refractivity contribution in [3.05, 3.63) is 94.9 Å². The van der Waals surface area contributed by atoms with Crippen molar-refractivity contribution in [1.29, 1.82) is 0 Å². The van der Waals surface area contributed by atoms with Crippen molar-refractivity contribution in [2.24, 2.45) is 5.92 Å². The number of rotatable bonds is 12. The molecule has 1 atom stereocenters. The number of amides is 6. The molecule has 4 fully saturated rings. The van der Waals surface area contributed by atoms with Gasteiger partial charge in [-0.1, -0.05) is 12.1 Å². The second-order valence-corrected chi connectivity index (χ2v) is 18.0. The summed E-state index contributed by atoms with van der Waals surface area (Å²) in [5.74, 6) is -2.11. The predicted octanol–water partition coefficient (Wildman–Crippen LogP) is 5.09. The van der Waals surface area contributed by atoms with E-state index in [2.05, 4.69) is 48.9 Å². The molecule has 16 nitrogen and oxygen atoms in total. The summed E-state index contributed by atoms with van der Waals surface area (Å²) in [6.45, 7) is 13.6. The molecule has 4 saturated heterocycles. The zero-order valence-electron chi connectivity index (χ0n) is 37.0. The van der Waals surface area contributed by atoms with Crippen LogP contribution < -0.4 is 25.8 Å². The van der Waals surface area contributed by atoms with Gasteiger partial charge in [0.15, 0.2) is 0 Å². The molecule has 4 aromatic rings. The molecule has 3 aromatic carbocycles. The molecule has 340 valence electrons. The molecule has 9 rings (SSSR count). The molecular formula is C48H55FN10O6. The van der Waals surface area contributed by atoms with Gasteiger partial charge in [-0.05, 0) is 106 Å². The first-order valence-corrected chi connectivity index (χ1v) is 22.6. The molecule has 5 aliphatic heterocycles. The summed E-state index contributed by atoms with van der Waals surface area (Å²) in [5, 5.41) is 8.57. The van der Waals surface area contributed by atoms with Gasteiger partial charge in [0.2, 0.25) is 17.8 Å². The van der Waals surface area contributed by atoms with Crippen LogP contribution in [0.2, 0.25) is 0 Å². The standard InChI is InChI=1S/C48H55FN10O6/c1-29(2)65-36-27-58(28-36)48(64)51-25-33-5-4-32(22-30(33)3)40-12-15-50-47(53-40)52-34-6-8-35(9-7-34)56-20-18-55(19-21-56)26-31-13-16-57(17-14-31)42-24-38-37(23-39(42)49)45(62)59(46(38)63)41-10-11-43(60)54-44(41)61/h4-9,12,15,22-24,29,31,36,41H,10-11,13-14,16-21,25-28H2,1-3H3,(H,51,64)(H,50,52,53)(H,54,60,61). The van der Waals surface area contributed by atoms with Crippen LogP contribution in [-0.2, 0) is 20.9 Å². The minimum atomic E-state index is -1.09. The Morgan fingerprint density at radius 2 is 1.60 bits per heavy atom. The number of piperazine rings is 1. The third kappa shape index (κ3) is 9.52. The van der Waals surface area contributed by atoms with Gasteiger partial charge in [0.1, 0.15) is 11.9 Å². The molecule has 65 heavy (non-hydrogen) atoms. The number of likely N-dealkylation sites (tertiary alicyclic amines) is 1. The Labute approximate surface area is 377 Å². The van der Waals surface area contributed by atoms with E-state index in [-0.39, 0.29) is 47.9 Å². The summed E-state index contributed by atoms with van der Waals surface area (Å²) in [6, 6.07) is 17.7. The van der Waals surface area contributed by atoms with Gasteiger partial charge < -0.3 is 30.1 Å². The minimum Gasteiger partial charge on any atom is -0.372 e. The van der Waals surface area contributed by atoms with Crippen molar-refractivity contribution in [2.75, 3.05) is 74.0 Å². The Kier molecular flexibility index (Phi) is 12.5. The molecule has 0 bridgehead atoms. The van der Waals surface area contributed by atoms with Crippen molar-refractivity contribution in [3.8, 4) is 11.3 Å². The number of halogens is 1. The Morgan fingerprint density at radius 1 is 0.877 bits per heavy atom. The minimum absolute atomic E-state index is 0.0221. The van der Waals surface area contributed by atoms with Gasteiger partial charge in [0.05, 0.1) is 47.8 Å². The first kappa shape index (κ1) is 43.8. The van der Waals surface area contributed by atoms with E-state index in [4.69, 9.17) is 9.72 Å². The highest BCUT2D eigenvalue weighted by Gasteiger charge is 2.45. The molecule has 3 N–H and O–H groups in total. The summed E-state index contributed by atoms with van der Waals surface area (Å²) in [5.41, 5.74) is 6.22. The Hall–Kier alpha value is -6.46. The van der Waals surface area contributed by atoms with Crippen molar-refractivity contribution < 1.29 is 33.1 Å². The van der Waals surface area contributed by atoms with Crippen molar-refractivity contribution in [3.63, 3.8) is 0 Å². The van der Waals surface area contributed by atoms with Gasteiger partial charge in [-0.2, -0.15) is 0 Å². The maximum atomic E-state index is 15.5. The van der Waals surface area contributed by atoms with Gasteiger partial charge in [0.25, 0.3) is 11.8 Å². The maximum absolute atomic E-state index is 15.5. The first-order valence-electron chi connectivity index (χ1n) is 22.6. The second-order valence-electron chi connectivity index (χ2n) is 18.0. The number of anilines is 4. The second kappa shape index (κ2) is 18.6. The lowest BCUT2D eigenvalue weighted by atomic mass is 9.95. The van der Waals surface area contributed by atoms with Crippen LogP contribution in [0.5, 0.6) is 0 Å². The molecule has 1 unspecified atom stereocenters. The fourth-order valence-corrected chi connectivity index (χ4v) is 9.51. The van der Waals surface area contributed by atoms with E-state index in [1.165, 1.54) is 6.07 Å².